The molecule has 1 atom stereocenters. The van der Waals surface area contributed by atoms with Gasteiger partial charge in [0.05, 0.1) is 12.4 Å². The smallest absolute Gasteiger partial charge is 0.303 e. The van der Waals surface area contributed by atoms with Gasteiger partial charge < -0.3 is 20.3 Å². The lowest BCUT2D eigenvalue weighted by molar-refractivity contribution is -0.137. The van der Waals surface area contributed by atoms with Crippen molar-refractivity contribution in [3.05, 3.63) is 36.3 Å². The predicted molar refractivity (Wildman–Crippen MR) is 107 cm³/mol. The number of H-pyrrole nitrogens is 1. The van der Waals surface area contributed by atoms with Crippen molar-refractivity contribution in [1.29, 1.82) is 0 Å². The minimum absolute atomic E-state index is 0.0112. The van der Waals surface area contributed by atoms with E-state index < -0.39 is 17.6 Å². The highest BCUT2D eigenvalue weighted by molar-refractivity contribution is 5.91. The highest BCUT2D eigenvalue weighted by Gasteiger charge is 2.22. The molecule has 4 rings (SSSR count). The molecule has 4 heterocycles. The summed E-state index contributed by atoms with van der Waals surface area (Å²) in [5.74, 6) is -1.48. The van der Waals surface area contributed by atoms with Gasteiger partial charge in [-0.05, 0) is 38.4 Å². The van der Waals surface area contributed by atoms with E-state index in [9.17, 15) is 13.6 Å². The average Bonchev–Trinajstić information content (AvgIpc) is 3.13. The fourth-order valence-electron chi connectivity index (χ4n) is 3.78. The molecule has 1 fully saturated rings. The zero-order valence-electron chi connectivity index (χ0n) is 16.2. The average molecular weight is 416 g/mol. The highest BCUT2D eigenvalue weighted by Crippen LogP contribution is 2.27. The fraction of sp³-hybridized carbons (Fsp3) is 0.400. The van der Waals surface area contributed by atoms with Gasteiger partial charge in [-0.25, -0.2) is 23.7 Å². The maximum absolute atomic E-state index is 14.4. The number of nitrogens with zero attached hydrogens (tertiary/aromatic N) is 4. The summed E-state index contributed by atoms with van der Waals surface area (Å²) in [6.07, 6.45) is 6.35. The first-order valence-electron chi connectivity index (χ1n) is 9.86. The molecule has 0 aromatic carbocycles. The summed E-state index contributed by atoms with van der Waals surface area (Å²) in [5.41, 5.74) is 1.04. The van der Waals surface area contributed by atoms with E-state index in [0.29, 0.717) is 36.1 Å². The Bertz CT molecular complexity index is 1060. The van der Waals surface area contributed by atoms with Crippen LogP contribution in [0.3, 0.4) is 0 Å². The number of fused-ring (bicyclic) bond motifs is 1. The highest BCUT2D eigenvalue weighted by atomic mass is 19.1. The monoisotopic (exact) mass is 416 g/mol. The van der Waals surface area contributed by atoms with E-state index >= 15 is 0 Å². The van der Waals surface area contributed by atoms with Crippen molar-refractivity contribution in [3.63, 3.8) is 0 Å². The van der Waals surface area contributed by atoms with Crippen LogP contribution < -0.4 is 5.32 Å². The number of anilines is 1. The number of carboxylic acid groups (broad SMARTS) is 1. The Labute approximate surface area is 171 Å². The summed E-state index contributed by atoms with van der Waals surface area (Å²) >= 11 is 0. The van der Waals surface area contributed by atoms with Crippen LogP contribution in [0.15, 0.2) is 24.7 Å². The first-order chi connectivity index (χ1) is 14.5. The zero-order chi connectivity index (χ0) is 21.1. The van der Waals surface area contributed by atoms with E-state index in [0.717, 1.165) is 31.8 Å². The summed E-state index contributed by atoms with van der Waals surface area (Å²) in [6, 6.07) is 1.33. The molecule has 1 saturated heterocycles. The molecule has 1 aliphatic rings. The summed E-state index contributed by atoms with van der Waals surface area (Å²) in [4.78, 5) is 28.2. The molecule has 0 radical (unpaired) electrons. The molecule has 3 aromatic heterocycles. The number of aromatic amines is 1. The van der Waals surface area contributed by atoms with E-state index in [1.165, 1.54) is 6.07 Å². The lowest BCUT2D eigenvalue weighted by atomic mass is 10.1. The number of piperidine rings is 1. The van der Waals surface area contributed by atoms with Gasteiger partial charge in [-0.2, -0.15) is 0 Å². The topological polar surface area (TPSA) is 107 Å². The lowest BCUT2D eigenvalue weighted by Gasteiger charge is -2.33. The lowest BCUT2D eigenvalue weighted by Crippen LogP contribution is -2.42. The molecule has 3 aromatic rings. The quantitative estimate of drug-likeness (QED) is 0.543. The maximum atomic E-state index is 14.4. The fourth-order valence-corrected chi connectivity index (χ4v) is 3.78. The predicted octanol–water partition coefficient (Wildman–Crippen LogP) is 3.04. The van der Waals surface area contributed by atoms with E-state index in [4.69, 9.17) is 5.11 Å². The molecule has 0 amide bonds. The molecular formula is C20H22F2N6O2. The van der Waals surface area contributed by atoms with Crippen molar-refractivity contribution in [2.45, 2.75) is 31.7 Å². The second kappa shape index (κ2) is 8.70. The molecular weight excluding hydrogens is 394 g/mol. The van der Waals surface area contributed by atoms with Crippen LogP contribution in [0.5, 0.6) is 0 Å². The van der Waals surface area contributed by atoms with Gasteiger partial charge in [-0.1, -0.05) is 0 Å². The van der Waals surface area contributed by atoms with Crippen LogP contribution in [0.4, 0.5) is 14.6 Å². The Morgan fingerprint density at radius 3 is 3.03 bits per heavy atom. The van der Waals surface area contributed by atoms with Crippen molar-refractivity contribution >= 4 is 22.8 Å². The number of pyridine rings is 1. The Hall–Kier alpha value is -3.14. The van der Waals surface area contributed by atoms with Gasteiger partial charge in [0.15, 0.2) is 17.5 Å². The Kier molecular flexibility index (Phi) is 5.84. The van der Waals surface area contributed by atoms with Gasteiger partial charge in [0.25, 0.3) is 0 Å². The summed E-state index contributed by atoms with van der Waals surface area (Å²) < 4.78 is 28.0. The zero-order valence-corrected chi connectivity index (χ0v) is 16.2. The van der Waals surface area contributed by atoms with Gasteiger partial charge in [0.2, 0.25) is 0 Å². The minimum Gasteiger partial charge on any atom is -0.481 e. The normalized spacial score (nSPS) is 17.3. The number of rotatable bonds is 7. The Morgan fingerprint density at radius 2 is 2.20 bits per heavy atom. The first-order valence-corrected chi connectivity index (χ1v) is 9.86. The number of carbonyl (C=O) groups is 1. The van der Waals surface area contributed by atoms with Crippen LogP contribution in [-0.2, 0) is 4.79 Å². The third-order valence-electron chi connectivity index (χ3n) is 5.19. The molecule has 30 heavy (non-hydrogen) atoms. The van der Waals surface area contributed by atoms with Crippen LogP contribution in [0, 0.1) is 11.6 Å². The molecule has 8 nitrogen and oxygen atoms in total. The number of carboxylic acids is 1. The molecule has 1 aliphatic heterocycles. The van der Waals surface area contributed by atoms with Gasteiger partial charge in [0, 0.05) is 36.2 Å². The number of aromatic nitrogens is 4. The number of hydrogen-bond donors (Lipinski definition) is 3. The van der Waals surface area contributed by atoms with Gasteiger partial charge in [-0.15, -0.1) is 0 Å². The number of aliphatic carboxylic acids is 1. The van der Waals surface area contributed by atoms with Crippen molar-refractivity contribution < 1.29 is 18.7 Å². The molecule has 0 bridgehead atoms. The summed E-state index contributed by atoms with van der Waals surface area (Å²) in [5, 5.41) is 12.5. The number of nitrogens with one attached hydrogen (secondary N) is 2. The Morgan fingerprint density at radius 1 is 1.33 bits per heavy atom. The van der Waals surface area contributed by atoms with Crippen LogP contribution >= 0.6 is 0 Å². The number of likely N-dealkylation sites (tertiary alicyclic amines) is 1. The first kappa shape index (κ1) is 20.1. The van der Waals surface area contributed by atoms with E-state index in [1.54, 1.807) is 6.20 Å². The molecule has 3 N–H and O–H groups in total. The van der Waals surface area contributed by atoms with Crippen molar-refractivity contribution in [2.75, 3.05) is 25.0 Å². The number of halogens is 2. The molecule has 0 aliphatic carbocycles. The van der Waals surface area contributed by atoms with Gasteiger partial charge in [-0.3, -0.25) is 4.79 Å². The maximum Gasteiger partial charge on any atom is 0.303 e. The van der Waals surface area contributed by atoms with E-state index in [2.05, 4.69) is 30.2 Å². The molecule has 10 heteroatoms. The van der Waals surface area contributed by atoms with Crippen LogP contribution in [-0.4, -0.2) is 61.6 Å². The minimum atomic E-state index is -0.801. The summed E-state index contributed by atoms with van der Waals surface area (Å²) in [7, 11) is 0. The van der Waals surface area contributed by atoms with Crippen LogP contribution in [0.25, 0.3) is 22.4 Å². The van der Waals surface area contributed by atoms with Crippen LogP contribution in [0.2, 0.25) is 0 Å². The van der Waals surface area contributed by atoms with Crippen molar-refractivity contribution in [1.82, 2.24) is 24.8 Å². The third kappa shape index (κ3) is 4.54. The second-order valence-electron chi connectivity index (χ2n) is 7.42. The largest absolute Gasteiger partial charge is 0.481 e. The van der Waals surface area contributed by atoms with Gasteiger partial charge >= 0.3 is 5.97 Å². The van der Waals surface area contributed by atoms with Crippen molar-refractivity contribution in [2.24, 2.45) is 0 Å². The third-order valence-corrected chi connectivity index (χ3v) is 5.19. The molecule has 0 unspecified atom stereocenters. The number of hydrogen-bond acceptors (Lipinski definition) is 6. The van der Waals surface area contributed by atoms with Gasteiger partial charge in [0.1, 0.15) is 11.5 Å². The second-order valence-corrected chi connectivity index (χ2v) is 7.42. The van der Waals surface area contributed by atoms with Crippen LogP contribution in [0.1, 0.15) is 25.7 Å². The summed E-state index contributed by atoms with van der Waals surface area (Å²) in [6.45, 7) is 2.26. The molecule has 0 saturated carbocycles. The Balaban J connectivity index is 1.49. The molecule has 158 valence electrons. The van der Waals surface area contributed by atoms with Crippen molar-refractivity contribution in [3.8, 4) is 11.4 Å². The standard InChI is InChI=1S/C20H22F2N6O2/c21-12-7-14-15(9-24-18(14)23-8-12)19-25-10-16(22)20(27-19)26-13-3-1-5-28(11-13)6-2-4-17(29)30/h7-10,13H,1-6,11H2,(H,23,24)(H,29,30)(H,25,26,27)/t13-/m0/s1. The van der Waals surface area contributed by atoms with E-state index in [1.807, 2.05) is 0 Å². The van der Waals surface area contributed by atoms with E-state index in [-0.39, 0.29) is 24.1 Å². The molecule has 0 spiro atoms. The SMILES string of the molecule is O=C(O)CCCN1CCC[C@H](Nc2nc(-c3c[nH]c4ncc(F)cc34)ncc2F)C1.